The Hall–Kier alpha value is -1.77. The average Bonchev–Trinajstić information content (AvgIpc) is 2.26. The number of hydrogen-bond acceptors (Lipinski definition) is 2. The Morgan fingerprint density at radius 2 is 1.94 bits per heavy atom. The van der Waals surface area contributed by atoms with E-state index in [1.807, 2.05) is 24.3 Å². The lowest BCUT2D eigenvalue weighted by atomic mass is 10.0. The molecule has 1 aromatic carbocycles. The standard InChI is InChI=1S/C14H18O3/c1-10(2)12-4-6-13(7-5-12)17-9-11(3)8-14(15)16/h4-8,10H,9H2,1-3H3,(H,15,16). The zero-order valence-corrected chi connectivity index (χ0v) is 10.4. The average molecular weight is 234 g/mol. The van der Waals surface area contributed by atoms with Crippen LogP contribution in [0.15, 0.2) is 35.9 Å². The van der Waals surface area contributed by atoms with E-state index in [4.69, 9.17) is 9.84 Å². The molecule has 17 heavy (non-hydrogen) atoms. The smallest absolute Gasteiger partial charge is 0.328 e. The van der Waals surface area contributed by atoms with E-state index >= 15 is 0 Å². The van der Waals surface area contributed by atoms with Crippen molar-refractivity contribution in [2.45, 2.75) is 26.7 Å². The Bertz CT molecular complexity index is 402. The van der Waals surface area contributed by atoms with Gasteiger partial charge in [-0.15, -0.1) is 0 Å². The van der Waals surface area contributed by atoms with Crippen molar-refractivity contribution in [3.63, 3.8) is 0 Å². The molecule has 3 nitrogen and oxygen atoms in total. The van der Waals surface area contributed by atoms with E-state index in [-0.39, 0.29) is 0 Å². The van der Waals surface area contributed by atoms with Gasteiger partial charge in [-0.25, -0.2) is 4.79 Å². The van der Waals surface area contributed by atoms with Crippen LogP contribution in [0.4, 0.5) is 0 Å². The van der Waals surface area contributed by atoms with Gasteiger partial charge in [0.2, 0.25) is 0 Å². The first-order chi connectivity index (χ1) is 7.99. The Kier molecular flexibility index (Phi) is 4.76. The highest BCUT2D eigenvalue weighted by Crippen LogP contribution is 2.18. The summed E-state index contributed by atoms with van der Waals surface area (Å²) >= 11 is 0. The molecule has 0 spiro atoms. The minimum Gasteiger partial charge on any atom is -0.489 e. The Morgan fingerprint density at radius 3 is 2.41 bits per heavy atom. The van der Waals surface area contributed by atoms with E-state index in [1.165, 1.54) is 5.56 Å². The van der Waals surface area contributed by atoms with Gasteiger partial charge in [-0.3, -0.25) is 0 Å². The fourth-order valence-corrected chi connectivity index (χ4v) is 1.40. The van der Waals surface area contributed by atoms with Gasteiger partial charge in [-0.05, 0) is 36.1 Å². The monoisotopic (exact) mass is 234 g/mol. The van der Waals surface area contributed by atoms with Gasteiger partial charge in [0, 0.05) is 6.08 Å². The summed E-state index contributed by atoms with van der Waals surface area (Å²) in [7, 11) is 0. The van der Waals surface area contributed by atoms with E-state index < -0.39 is 5.97 Å². The van der Waals surface area contributed by atoms with Crippen molar-refractivity contribution in [3.8, 4) is 5.75 Å². The van der Waals surface area contributed by atoms with Crippen molar-refractivity contribution < 1.29 is 14.6 Å². The summed E-state index contributed by atoms with van der Waals surface area (Å²) in [4.78, 5) is 10.4. The van der Waals surface area contributed by atoms with Crippen LogP contribution in [0.5, 0.6) is 5.75 Å². The molecule has 0 heterocycles. The summed E-state index contributed by atoms with van der Waals surface area (Å²) in [5, 5.41) is 8.55. The lowest BCUT2D eigenvalue weighted by Crippen LogP contribution is -2.01. The molecule has 0 aliphatic heterocycles. The van der Waals surface area contributed by atoms with Gasteiger partial charge in [0.1, 0.15) is 12.4 Å². The van der Waals surface area contributed by atoms with Gasteiger partial charge in [-0.1, -0.05) is 26.0 Å². The Labute approximate surface area is 102 Å². The van der Waals surface area contributed by atoms with Crippen molar-refractivity contribution in [2.75, 3.05) is 6.61 Å². The number of carbonyl (C=O) groups is 1. The summed E-state index contributed by atoms with van der Waals surface area (Å²) in [6, 6.07) is 7.86. The topological polar surface area (TPSA) is 46.5 Å². The highest BCUT2D eigenvalue weighted by atomic mass is 16.5. The molecule has 92 valence electrons. The highest BCUT2D eigenvalue weighted by molar-refractivity contribution is 5.80. The molecule has 1 aromatic rings. The van der Waals surface area contributed by atoms with Crippen LogP contribution < -0.4 is 4.74 Å². The number of aliphatic carboxylic acids is 1. The summed E-state index contributed by atoms with van der Waals surface area (Å²) in [6.07, 6.45) is 1.16. The second-order valence-corrected chi connectivity index (χ2v) is 4.34. The fourth-order valence-electron chi connectivity index (χ4n) is 1.40. The third-order valence-corrected chi connectivity index (χ3v) is 2.38. The second-order valence-electron chi connectivity index (χ2n) is 4.34. The van der Waals surface area contributed by atoms with Crippen LogP contribution in [0.2, 0.25) is 0 Å². The quantitative estimate of drug-likeness (QED) is 0.796. The summed E-state index contributed by atoms with van der Waals surface area (Å²) in [5.41, 5.74) is 1.94. The molecule has 0 atom stereocenters. The van der Waals surface area contributed by atoms with E-state index in [9.17, 15) is 4.79 Å². The normalized spacial score (nSPS) is 11.6. The van der Waals surface area contributed by atoms with Gasteiger partial charge in [0.05, 0.1) is 0 Å². The van der Waals surface area contributed by atoms with Gasteiger partial charge in [0.15, 0.2) is 0 Å². The van der Waals surface area contributed by atoms with E-state index in [0.717, 1.165) is 11.8 Å². The number of benzene rings is 1. The third-order valence-electron chi connectivity index (χ3n) is 2.38. The largest absolute Gasteiger partial charge is 0.489 e. The van der Waals surface area contributed by atoms with Crippen LogP contribution in [0.3, 0.4) is 0 Å². The molecule has 1 rings (SSSR count). The fraction of sp³-hybridized carbons (Fsp3) is 0.357. The number of carboxylic acids is 1. The number of carboxylic acid groups (broad SMARTS) is 1. The van der Waals surface area contributed by atoms with Gasteiger partial charge in [-0.2, -0.15) is 0 Å². The Balaban J connectivity index is 2.56. The molecule has 0 aliphatic carbocycles. The van der Waals surface area contributed by atoms with Crippen LogP contribution in [0.1, 0.15) is 32.3 Å². The first kappa shape index (κ1) is 13.3. The van der Waals surface area contributed by atoms with Crippen molar-refractivity contribution in [1.82, 2.24) is 0 Å². The first-order valence-electron chi connectivity index (χ1n) is 5.62. The second kappa shape index (κ2) is 6.09. The number of hydrogen-bond donors (Lipinski definition) is 1. The first-order valence-corrected chi connectivity index (χ1v) is 5.62. The maximum absolute atomic E-state index is 10.4. The van der Waals surface area contributed by atoms with Crippen LogP contribution in [-0.2, 0) is 4.79 Å². The van der Waals surface area contributed by atoms with Gasteiger partial charge < -0.3 is 9.84 Å². The SMILES string of the molecule is CC(=CC(=O)O)COc1ccc(C(C)C)cc1. The summed E-state index contributed by atoms with van der Waals surface area (Å²) in [5.74, 6) is 0.312. The lowest BCUT2D eigenvalue weighted by molar-refractivity contribution is -0.131. The maximum atomic E-state index is 10.4. The maximum Gasteiger partial charge on any atom is 0.328 e. The number of rotatable bonds is 5. The van der Waals surface area contributed by atoms with Crippen molar-refractivity contribution in [1.29, 1.82) is 0 Å². The predicted molar refractivity (Wildman–Crippen MR) is 67.4 cm³/mol. The molecule has 3 heteroatoms. The van der Waals surface area contributed by atoms with Crippen molar-refractivity contribution >= 4 is 5.97 Å². The molecule has 0 fully saturated rings. The zero-order valence-electron chi connectivity index (χ0n) is 10.4. The summed E-state index contributed by atoms with van der Waals surface area (Å²) < 4.78 is 5.47. The third kappa shape index (κ3) is 4.72. The molecule has 0 saturated carbocycles. The van der Waals surface area contributed by atoms with Crippen molar-refractivity contribution in [3.05, 3.63) is 41.5 Å². The number of ether oxygens (including phenoxy) is 1. The van der Waals surface area contributed by atoms with Crippen LogP contribution in [0.25, 0.3) is 0 Å². The van der Waals surface area contributed by atoms with Gasteiger partial charge >= 0.3 is 5.97 Å². The van der Waals surface area contributed by atoms with E-state index in [2.05, 4.69) is 13.8 Å². The van der Waals surface area contributed by atoms with Crippen LogP contribution in [0, 0.1) is 0 Å². The lowest BCUT2D eigenvalue weighted by Gasteiger charge is -2.08. The molecule has 0 saturated heterocycles. The van der Waals surface area contributed by atoms with Crippen LogP contribution >= 0.6 is 0 Å². The molecule has 0 aliphatic rings. The molecule has 0 amide bonds. The Morgan fingerprint density at radius 1 is 1.35 bits per heavy atom. The highest BCUT2D eigenvalue weighted by Gasteiger charge is 2.00. The zero-order chi connectivity index (χ0) is 12.8. The molecule has 1 N–H and O–H groups in total. The van der Waals surface area contributed by atoms with E-state index in [0.29, 0.717) is 18.1 Å². The molecular formula is C14H18O3. The van der Waals surface area contributed by atoms with E-state index in [1.54, 1.807) is 6.92 Å². The predicted octanol–water partition coefficient (Wildman–Crippen LogP) is 3.22. The minimum absolute atomic E-state index is 0.299. The molecule has 0 radical (unpaired) electrons. The molecule has 0 aromatic heterocycles. The van der Waals surface area contributed by atoms with Crippen molar-refractivity contribution in [2.24, 2.45) is 0 Å². The van der Waals surface area contributed by atoms with Crippen LogP contribution in [-0.4, -0.2) is 17.7 Å². The summed E-state index contributed by atoms with van der Waals surface area (Å²) in [6.45, 7) is 6.30. The molecular weight excluding hydrogens is 216 g/mol. The van der Waals surface area contributed by atoms with Gasteiger partial charge in [0.25, 0.3) is 0 Å². The molecule has 0 unspecified atom stereocenters. The minimum atomic E-state index is -0.943. The molecule has 0 bridgehead atoms.